The fraction of sp³-hybridized carbons (Fsp3) is 0.0714. The van der Waals surface area contributed by atoms with Crippen LogP contribution < -0.4 is 4.74 Å². The van der Waals surface area contributed by atoms with Gasteiger partial charge in [-0.05, 0) is 30.7 Å². The summed E-state index contributed by atoms with van der Waals surface area (Å²) in [5, 5.41) is 20.0. The zero-order valence-corrected chi connectivity index (χ0v) is 12.5. The van der Waals surface area contributed by atoms with E-state index in [1.54, 1.807) is 19.1 Å². The Morgan fingerprint density at radius 2 is 2.00 bits per heavy atom. The minimum Gasteiger partial charge on any atom is -0.478 e. The fourth-order valence-corrected chi connectivity index (χ4v) is 2.19. The molecule has 0 radical (unpaired) electrons. The highest BCUT2D eigenvalue weighted by Crippen LogP contribution is 2.31. The van der Waals surface area contributed by atoms with Crippen molar-refractivity contribution in [1.82, 2.24) is 0 Å². The van der Waals surface area contributed by atoms with Crippen molar-refractivity contribution in [2.45, 2.75) is 6.92 Å². The van der Waals surface area contributed by atoms with Gasteiger partial charge in [-0.1, -0.05) is 22.0 Å². The zero-order valence-electron chi connectivity index (χ0n) is 10.9. The van der Waals surface area contributed by atoms with Crippen molar-refractivity contribution in [3.8, 4) is 11.5 Å². The van der Waals surface area contributed by atoms with Gasteiger partial charge < -0.3 is 9.84 Å². The summed E-state index contributed by atoms with van der Waals surface area (Å²) < 4.78 is 5.98. The molecule has 0 bridgehead atoms. The highest BCUT2D eigenvalue weighted by molar-refractivity contribution is 9.10. The molecule has 0 saturated carbocycles. The van der Waals surface area contributed by atoms with E-state index in [2.05, 4.69) is 15.9 Å². The van der Waals surface area contributed by atoms with Gasteiger partial charge in [0.1, 0.15) is 17.1 Å². The smallest absolute Gasteiger partial charge is 0.339 e. The van der Waals surface area contributed by atoms with Crippen LogP contribution in [0.15, 0.2) is 40.9 Å². The Labute approximate surface area is 128 Å². The van der Waals surface area contributed by atoms with Gasteiger partial charge in [0.2, 0.25) is 0 Å². The van der Waals surface area contributed by atoms with Crippen LogP contribution in [-0.2, 0) is 0 Å². The van der Waals surface area contributed by atoms with Gasteiger partial charge in [-0.2, -0.15) is 0 Å². The lowest BCUT2D eigenvalue weighted by Crippen LogP contribution is -2.00. The van der Waals surface area contributed by atoms with Gasteiger partial charge >= 0.3 is 5.97 Å². The Morgan fingerprint density at radius 3 is 2.62 bits per heavy atom. The second-order valence-corrected chi connectivity index (χ2v) is 5.22. The van der Waals surface area contributed by atoms with E-state index in [9.17, 15) is 14.9 Å². The molecule has 0 heterocycles. The molecule has 0 saturated heterocycles. The molecule has 0 amide bonds. The van der Waals surface area contributed by atoms with Gasteiger partial charge in [-0.3, -0.25) is 10.1 Å². The van der Waals surface area contributed by atoms with Crippen LogP contribution in [0.4, 0.5) is 5.69 Å². The molecule has 0 unspecified atom stereocenters. The van der Waals surface area contributed by atoms with Gasteiger partial charge in [-0.25, -0.2) is 4.79 Å². The maximum absolute atomic E-state index is 11.2. The van der Waals surface area contributed by atoms with Gasteiger partial charge in [0, 0.05) is 10.5 Å². The third kappa shape index (κ3) is 3.57. The Bertz CT molecular complexity index is 729. The predicted octanol–water partition coefficient (Wildman–Crippen LogP) is 4.16. The van der Waals surface area contributed by atoms with Crippen LogP contribution in [0, 0.1) is 17.0 Å². The van der Waals surface area contributed by atoms with E-state index < -0.39 is 10.9 Å². The highest BCUT2D eigenvalue weighted by atomic mass is 79.9. The van der Waals surface area contributed by atoms with Crippen molar-refractivity contribution in [3.63, 3.8) is 0 Å². The number of nitrogens with zero attached hydrogens (tertiary/aromatic N) is 1. The molecule has 7 heteroatoms. The normalized spacial score (nSPS) is 10.2. The lowest BCUT2D eigenvalue weighted by Gasteiger charge is -2.10. The van der Waals surface area contributed by atoms with Crippen LogP contribution in [0.5, 0.6) is 11.5 Å². The maximum atomic E-state index is 11.2. The average Bonchev–Trinajstić information content (AvgIpc) is 2.37. The van der Waals surface area contributed by atoms with Crippen LogP contribution in [0.3, 0.4) is 0 Å². The van der Waals surface area contributed by atoms with Crippen molar-refractivity contribution in [2.24, 2.45) is 0 Å². The second-order valence-electron chi connectivity index (χ2n) is 4.31. The maximum Gasteiger partial charge on any atom is 0.339 e. The molecule has 0 aliphatic heterocycles. The van der Waals surface area contributed by atoms with Gasteiger partial charge in [0.05, 0.1) is 11.0 Å². The average molecular weight is 352 g/mol. The number of carboxylic acid groups (broad SMARTS) is 1. The summed E-state index contributed by atoms with van der Waals surface area (Å²) >= 11 is 3.16. The number of nitro groups is 1. The molecule has 0 aliphatic carbocycles. The van der Waals surface area contributed by atoms with E-state index in [0.717, 1.165) is 5.56 Å². The van der Waals surface area contributed by atoms with E-state index in [1.807, 2.05) is 0 Å². The Kier molecular flexibility index (Phi) is 4.23. The van der Waals surface area contributed by atoms with E-state index in [-0.39, 0.29) is 22.7 Å². The minimum atomic E-state index is -1.13. The number of carbonyl (C=O) groups is 1. The summed E-state index contributed by atoms with van der Waals surface area (Å²) in [6.07, 6.45) is 0. The van der Waals surface area contributed by atoms with Crippen LogP contribution in [-0.4, -0.2) is 16.0 Å². The largest absolute Gasteiger partial charge is 0.478 e. The molecule has 0 aliphatic rings. The summed E-state index contributed by atoms with van der Waals surface area (Å²) in [4.78, 5) is 21.4. The first-order chi connectivity index (χ1) is 9.86. The molecule has 6 nitrogen and oxygen atoms in total. The lowest BCUT2D eigenvalue weighted by atomic mass is 10.1. The Hall–Kier alpha value is -2.41. The van der Waals surface area contributed by atoms with E-state index in [1.165, 1.54) is 24.3 Å². The minimum absolute atomic E-state index is 0.0109. The predicted molar refractivity (Wildman–Crippen MR) is 79.0 cm³/mol. The van der Waals surface area contributed by atoms with E-state index >= 15 is 0 Å². The van der Waals surface area contributed by atoms with Crippen LogP contribution in [0.1, 0.15) is 15.9 Å². The first kappa shape index (κ1) is 15.0. The first-order valence-corrected chi connectivity index (χ1v) is 6.63. The molecule has 2 rings (SSSR count). The molecule has 2 aromatic rings. The first-order valence-electron chi connectivity index (χ1n) is 5.83. The van der Waals surface area contributed by atoms with Crippen molar-refractivity contribution >= 4 is 27.6 Å². The zero-order chi connectivity index (χ0) is 15.6. The van der Waals surface area contributed by atoms with E-state index in [0.29, 0.717) is 4.47 Å². The number of hydrogen-bond acceptors (Lipinski definition) is 4. The Balaban J connectivity index is 2.45. The molecule has 0 atom stereocenters. The molecule has 21 heavy (non-hydrogen) atoms. The third-order valence-electron chi connectivity index (χ3n) is 2.66. The summed E-state index contributed by atoms with van der Waals surface area (Å²) in [6.45, 7) is 1.79. The molecular weight excluding hydrogens is 342 g/mol. The number of aryl methyl sites for hydroxylation is 1. The molecule has 0 aromatic heterocycles. The number of nitro benzene ring substituents is 1. The topological polar surface area (TPSA) is 89.7 Å². The lowest BCUT2D eigenvalue weighted by molar-refractivity contribution is -0.385. The monoisotopic (exact) mass is 351 g/mol. The molecule has 108 valence electrons. The molecule has 2 aromatic carbocycles. The summed E-state index contributed by atoms with van der Waals surface area (Å²) in [6, 6.07) is 8.75. The summed E-state index contributed by atoms with van der Waals surface area (Å²) in [5.41, 5.74) is 0.659. The van der Waals surface area contributed by atoms with Crippen LogP contribution >= 0.6 is 15.9 Å². The number of benzene rings is 2. The quantitative estimate of drug-likeness (QED) is 0.659. The second kappa shape index (κ2) is 5.92. The number of halogens is 1. The van der Waals surface area contributed by atoms with Gasteiger partial charge in [0.15, 0.2) is 0 Å². The van der Waals surface area contributed by atoms with Crippen LogP contribution in [0.25, 0.3) is 0 Å². The standard InChI is InChI=1S/C14H10BrNO5/c1-8-2-3-12(14(17)18)13(4-8)21-11-6-9(15)5-10(7-11)16(19)20/h2-7H,1H3,(H,17,18). The van der Waals surface area contributed by atoms with Crippen molar-refractivity contribution in [1.29, 1.82) is 0 Å². The third-order valence-corrected chi connectivity index (χ3v) is 3.12. The number of ether oxygens (including phenoxy) is 1. The van der Waals surface area contributed by atoms with Crippen molar-refractivity contribution < 1.29 is 19.6 Å². The number of carboxylic acids is 1. The molecule has 0 spiro atoms. The highest BCUT2D eigenvalue weighted by Gasteiger charge is 2.15. The SMILES string of the molecule is Cc1ccc(C(=O)O)c(Oc2cc(Br)cc([N+](=O)[O-])c2)c1. The molecule has 1 N–H and O–H groups in total. The van der Waals surface area contributed by atoms with Crippen LogP contribution in [0.2, 0.25) is 0 Å². The van der Waals surface area contributed by atoms with E-state index in [4.69, 9.17) is 9.84 Å². The van der Waals surface area contributed by atoms with Gasteiger partial charge in [0.25, 0.3) is 5.69 Å². The summed E-state index contributed by atoms with van der Waals surface area (Å²) in [7, 11) is 0. The van der Waals surface area contributed by atoms with Gasteiger partial charge in [-0.15, -0.1) is 0 Å². The molecule has 0 fully saturated rings. The van der Waals surface area contributed by atoms with Crippen molar-refractivity contribution in [2.75, 3.05) is 0 Å². The Morgan fingerprint density at radius 1 is 1.29 bits per heavy atom. The number of non-ortho nitro benzene ring substituents is 1. The summed E-state index contributed by atoms with van der Waals surface area (Å²) in [5.74, 6) is -0.812. The number of hydrogen-bond donors (Lipinski definition) is 1. The number of rotatable bonds is 4. The number of aromatic carboxylic acids is 1. The fourth-order valence-electron chi connectivity index (χ4n) is 1.73. The van der Waals surface area contributed by atoms with Crippen molar-refractivity contribution in [3.05, 3.63) is 62.1 Å². The molecular formula is C14H10BrNO5.